The van der Waals surface area contributed by atoms with Gasteiger partial charge in [0.1, 0.15) is 6.04 Å². The summed E-state index contributed by atoms with van der Waals surface area (Å²) in [4.78, 5) is 19.0. The minimum Gasteiger partial charge on any atom is -0.376 e. The van der Waals surface area contributed by atoms with E-state index >= 15 is 0 Å². The monoisotopic (exact) mass is 436 g/mol. The number of aryl methyl sites for hydroxylation is 2. The summed E-state index contributed by atoms with van der Waals surface area (Å²) in [7, 11) is 0. The Morgan fingerprint density at radius 3 is 2.72 bits per heavy atom. The number of aromatic nitrogens is 5. The first-order chi connectivity index (χ1) is 15.6. The van der Waals surface area contributed by atoms with Crippen LogP contribution >= 0.6 is 0 Å². The molecule has 32 heavy (non-hydrogen) atoms. The average molecular weight is 437 g/mol. The lowest BCUT2D eigenvalue weighted by Gasteiger charge is -2.30. The molecule has 4 heterocycles. The third kappa shape index (κ3) is 4.09. The number of hydrogen-bond donors (Lipinski definition) is 1. The van der Waals surface area contributed by atoms with Gasteiger partial charge in [0.05, 0.1) is 18.2 Å². The summed E-state index contributed by atoms with van der Waals surface area (Å²) < 4.78 is 7.70. The van der Waals surface area contributed by atoms with Crippen molar-refractivity contribution in [1.29, 1.82) is 0 Å². The SMILES string of the molecule is Cc1ccc2cc([C@@H](c3nnnn3C[C@@H]3CCCO3)N3CCCCCC3)c(=O)[nH]c2c1C. The summed E-state index contributed by atoms with van der Waals surface area (Å²) in [6.07, 6.45) is 6.89. The van der Waals surface area contributed by atoms with Crippen LogP contribution in [0.3, 0.4) is 0 Å². The molecule has 2 saturated heterocycles. The van der Waals surface area contributed by atoms with Crippen LogP contribution in [-0.4, -0.2) is 55.9 Å². The fourth-order valence-electron chi connectivity index (χ4n) is 5.12. The average Bonchev–Trinajstić information content (AvgIpc) is 3.39. The summed E-state index contributed by atoms with van der Waals surface area (Å²) in [5.41, 5.74) is 3.84. The van der Waals surface area contributed by atoms with Gasteiger partial charge in [-0.05, 0) is 85.6 Å². The molecule has 0 saturated carbocycles. The van der Waals surface area contributed by atoms with Crippen LogP contribution < -0.4 is 5.56 Å². The predicted octanol–water partition coefficient (Wildman–Crippen LogP) is 3.28. The van der Waals surface area contributed by atoms with Gasteiger partial charge in [-0.3, -0.25) is 9.69 Å². The highest BCUT2D eigenvalue weighted by atomic mass is 16.5. The largest absolute Gasteiger partial charge is 0.376 e. The molecule has 2 aliphatic heterocycles. The maximum atomic E-state index is 13.4. The second-order valence-electron chi connectivity index (χ2n) is 9.23. The molecule has 5 rings (SSSR count). The van der Waals surface area contributed by atoms with E-state index in [9.17, 15) is 4.79 Å². The number of pyridine rings is 1. The number of aromatic amines is 1. The van der Waals surface area contributed by atoms with Gasteiger partial charge in [0.2, 0.25) is 0 Å². The molecule has 8 heteroatoms. The standard InChI is InChI=1S/C24H32N6O2/c1-16-9-10-18-14-20(24(31)25-21(18)17(16)2)22(29-11-5-3-4-6-12-29)23-26-27-28-30(23)15-19-8-7-13-32-19/h9-10,14,19,22H,3-8,11-13,15H2,1-2H3,(H,25,31)/t19-,22-/m0/s1. The molecule has 2 fully saturated rings. The Kier molecular flexibility index (Phi) is 6.06. The molecule has 2 aliphatic rings. The second kappa shape index (κ2) is 9.11. The maximum absolute atomic E-state index is 13.4. The van der Waals surface area contributed by atoms with E-state index in [0.717, 1.165) is 67.7 Å². The molecular weight excluding hydrogens is 404 g/mol. The van der Waals surface area contributed by atoms with Gasteiger partial charge in [-0.2, -0.15) is 0 Å². The Labute approximate surface area is 188 Å². The number of nitrogens with zero attached hydrogens (tertiary/aromatic N) is 5. The number of rotatable bonds is 5. The number of likely N-dealkylation sites (tertiary alicyclic amines) is 1. The van der Waals surface area contributed by atoms with Gasteiger partial charge in [-0.15, -0.1) is 5.10 Å². The molecule has 0 aliphatic carbocycles. The molecule has 0 unspecified atom stereocenters. The minimum atomic E-state index is -0.278. The predicted molar refractivity (Wildman–Crippen MR) is 123 cm³/mol. The Morgan fingerprint density at radius 1 is 1.16 bits per heavy atom. The molecule has 0 amide bonds. The number of H-pyrrole nitrogens is 1. The van der Waals surface area contributed by atoms with Gasteiger partial charge >= 0.3 is 0 Å². The summed E-state index contributed by atoms with van der Waals surface area (Å²) in [5, 5.41) is 13.8. The Bertz CT molecular complexity index is 1140. The summed E-state index contributed by atoms with van der Waals surface area (Å²) in [6.45, 7) is 7.41. The first-order valence-corrected chi connectivity index (χ1v) is 11.9. The van der Waals surface area contributed by atoms with Gasteiger partial charge in [0, 0.05) is 12.2 Å². The van der Waals surface area contributed by atoms with Gasteiger partial charge in [-0.25, -0.2) is 4.68 Å². The van der Waals surface area contributed by atoms with Crippen LogP contribution in [0.2, 0.25) is 0 Å². The van der Waals surface area contributed by atoms with Crippen LogP contribution in [0.5, 0.6) is 0 Å². The molecule has 3 aromatic rings. The fourth-order valence-corrected chi connectivity index (χ4v) is 5.12. The Balaban J connectivity index is 1.61. The van der Waals surface area contributed by atoms with Crippen molar-refractivity contribution in [3.63, 3.8) is 0 Å². The molecule has 0 radical (unpaired) electrons. The third-order valence-electron chi connectivity index (χ3n) is 7.08. The lowest BCUT2D eigenvalue weighted by atomic mass is 10.00. The van der Waals surface area contributed by atoms with Crippen molar-refractivity contribution in [2.75, 3.05) is 19.7 Å². The maximum Gasteiger partial charge on any atom is 0.253 e. The van der Waals surface area contributed by atoms with E-state index in [0.29, 0.717) is 12.1 Å². The zero-order valence-corrected chi connectivity index (χ0v) is 19.0. The van der Waals surface area contributed by atoms with Crippen molar-refractivity contribution in [1.82, 2.24) is 30.1 Å². The zero-order valence-electron chi connectivity index (χ0n) is 19.0. The first-order valence-electron chi connectivity index (χ1n) is 11.9. The van der Waals surface area contributed by atoms with Crippen LogP contribution in [0.15, 0.2) is 23.0 Å². The molecule has 2 aromatic heterocycles. The highest BCUT2D eigenvalue weighted by Gasteiger charge is 2.32. The smallest absolute Gasteiger partial charge is 0.253 e. The van der Waals surface area contributed by atoms with E-state index in [4.69, 9.17) is 4.74 Å². The zero-order chi connectivity index (χ0) is 22.1. The third-order valence-corrected chi connectivity index (χ3v) is 7.08. The van der Waals surface area contributed by atoms with E-state index in [1.165, 1.54) is 18.4 Å². The molecule has 1 aromatic carbocycles. The van der Waals surface area contributed by atoms with Crippen molar-refractivity contribution in [3.8, 4) is 0 Å². The fraction of sp³-hybridized carbons (Fsp3) is 0.583. The lowest BCUT2D eigenvalue weighted by Crippen LogP contribution is -2.36. The van der Waals surface area contributed by atoms with Crippen molar-refractivity contribution in [2.45, 2.75) is 71.1 Å². The number of nitrogens with one attached hydrogen (secondary N) is 1. The summed E-state index contributed by atoms with van der Waals surface area (Å²) >= 11 is 0. The van der Waals surface area contributed by atoms with E-state index in [1.54, 1.807) is 0 Å². The van der Waals surface area contributed by atoms with Gasteiger partial charge < -0.3 is 9.72 Å². The van der Waals surface area contributed by atoms with Crippen LogP contribution in [0.4, 0.5) is 0 Å². The Hall–Kier alpha value is -2.58. The van der Waals surface area contributed by atoms with Gasteiger partial charge in [0.15, 0.2) is 5.82 Å². The van der Waals surface area contributed by atoms with Crippen molar-refractivity contribution in [3.05, 3.63) is 51.1 Å². The topological polar surface area (TPSA) is 88.9 Å². The lowest BCUT2D eigenvalue weighted by molar-refractivity contribution is 0.0909. The van der Waals surface area contributed by atoms with E-state index in [-0.39, 0.29) is 17.7 Å². The highest BCUT2D eigenvalue weighted by Crippen LogP contribution is 2.30. The van der Waals surface area contributed by atoms with Gasteiger partial charge in [0.25, 0.3) is 5.56 Å². The van der Waals surface area contributed by atoms with Crippen molar-refractivity contribution < 1.29 is 4.74 Å². The minimum absolute atomic E-state index is 0.0629. The molecular formula is C24H32N6O2. The summed E-state index contributed by atoms with van der Waals surface area (Å²) in [5.74, 6) is 0.732. The van der Waals surface area contributed by atoms with E-state index < -0.39 is 0 Å². The molecule has 8 nitrogen and oxygen atoms in total. The molecule has 170 valence electrons. The normalized spacial score (nSPS) is 21.1. The quantitative estimate of drug-likeness (QED) is 0.660. The van der Waals surface area contributed by atoms with E-state index in [1.807, 2.05) is 10.7 Å². The first kappa shape index (κ1) is 21.3. The second-order valence-corrected chi connectivity index (χ2v) is 9.23. The number of hydrogen-bond acceptors (Lipinski definition) is 6. The van der Waals surface area contributed by atoms with Crippen LogP contribution in [-0.2, 0) is 11.3 Å². The molecule has 1 N–H and O–H groups in total. The van der Waals surface area contributed by atoms with Gasteiger partial charge in [-0.1, -0.05) is 25.0 Å². The number of tetrazole rings is 1. The molecule has 2 atom stereocenters. The number of benzene rings is 1. The summed E-state index contributed by atoms with van der Waals surface area (Å²) in [6, 6.07) is 5.97. The number of ether oxygens (including phenoxy) is 1. The van der Waals surface area contributed by atoms with Crippen LogP contribution in [0.25, 0.3) is 10.9 Å². The Morgan fingerprint density at radius 2 is 1.97 bits per heavy atom. The van der Waals surface area contributed by atoms with Crippen LogP contribution in [0.1, 0.15) is 67.1 Å². The van der Waals surface area contributed by atoms with Crippen molar-refractivity contribution >= 4 is 10.9 Å². The number of fused-ring (bicyclic) bond motifs is 1. The molecule has 0 bridgehead atoms. The highest BCUT2D eigenvalue weighted by molar-refractivity contribution is 5.83. The van der Waals surface area contributed by atoms with Crippen LogP contribution in [0, 0.1) is 13.8 Å². The molecule has 0 spiro atoms. The van der Waals surface area contributed by atoms with E-state index in [2.05, 4.69) is 51.4 Å². The van der Waals surface area contributed by atoms with Crippen molar-refractivity contribution in [2.24, 2.45) is 0 Å².